The molecule has 0 aromatic heterocycles. The molecule has 7 heteroatoms. The zero-order chi connectivity index (χ0) is 18.8. The van der Waals surface area contributed by atoms with Crippen LogP contribution in [0.25, 0.3) is 0 Å². The van der Waals surface area contributed by atoms with Crippen molar-refractivity contribution in [2.75, 3.05) is 44.2 Å². The van der Waals surface area contributed by atoms with Gasteiger partial charge in [0, 0.05) is 57.0 Å². The lowest BCUT2D eigenvalue weighted by Gasteiger charge is -2.35. The summed E-state index contributed by atoms with van der Waals surface area (Å²) in [5, 5.41) is 0. The second-order valence-corrected chi connectivity index (χ2v) is 7.31. The van der Waals surface area contributed by atoms with Crippen LogP contribution in [0.4, 0.5) is 5.69 Å². The van der Waals surface area contributed by atoms with Crippen LogP contribution in [0.1, 0.15) is 36.0 Å². The van der Waals surface area contributed by atoms with Crippen molar-refractivity contribution < 1.29 is 19.1 Å². The highest BCUT2D eigenvalue weighted by atomic mass is 16.5. The van der Waals surface area contributed by atoms with Gasteiger partial charge in [-0.15, -0.1) is 0 Å². The normalized spacial score (nSPS) is 23.2. The number of hydrogen-bond donors (Lipinski definition) is 0. The fourth-order valence-electron chi connectivity index (χ4n) is 3.99. The van der Waals surface area contributed by atoms with Gasteiger partial charge in [-0.2, -0.15) is 0 Å². The van der Waals surface area contributed by atoms with Crippen LogP contribution in [-0.2, 0) is 14.3 Å². The third-order valence-electron chi connectivity index (χ3n) is 5.58. The van der Waals surface area contributed by atoms with Gasteiger partial charge < -0.3 is 19.4 Å². The molecule has 3 fully saturated rings. The molecule has 3 aliphatic heterocycles. The van der Waals surface area contributed by atoms with Crippen LogP contribution in [-0.4, -0.2) is 73.0 Å². The van der Waals surface area contributed by atoms with Crippen molar-refractivity contribution >= 4 is 23.4 Å². The van der Waals surface area contributed by atoms with Crippen molar-refractivity contribution in [2.45, 2.75) is 31.8 Å². The highest BCUT2D eigenvalue weighted by molar-refractivity contribution is 5.97. The first-order chi connectivity index (χ1) is 13.1. The van der Waals surface area contributed by atoms with E-state index in [1.165, 1.54) is 0 Å². The smallest absolute Gasteiger partial charge is 0.253 e. The summed E-state index contributed by atoms with van der Waals surface area (Å²) in [5.41, 5.74) is 1.46. The van der Waals surface area contributed by atoms with Gasteiger partial charge in [-0.1, -0.05) is 0 Å². The van der Waals surface area contributed by atoms with Crippen molar-refractivity contribution in [1.29, 1.82) is 0 Å². The van der Waals surface area contributed by atoms with E-state index in [4.69, 9.17) is 4.74 Å². The number of nitrogens with zero attached hydrogens (tertiary/aromatic N) is 3. The molecule has 0 spiro atoms. The fourth-order valence-corrected chi connectivity index (χ4v) is 3.99. The number of benzene rings is 1. The van der Waals surface area contributed by atoms with Crippen LogP contribution < -0.4 is 4.90 Å². The Morgan fingerprint density at radius 3 is 2.22 bits per heavy atom. The van der Waals surface area contributed by atoms with Gasteiger partial charge in [-0.25, -0.2) is 0 Å². The first-order valence-electron chi connectivity index (χ1n) is 9.73. The van der Waals surface area contributed by atoms with Gasteiger partial charge in [0.25, 0.3) is 11.8 Å². The Hall–Kier alpha value is -2.41. The number of rotatable bonds is 3. The van der Waals surface area contributed by atoms with E-state index in [9.17, 15) is 14.4 Å². The number of anilines is 1. The Bertz CT molecular complexity index is 719. The number of piperazine rings is 1. The molecule has 4 rings (SSSR count). The van der Waals surface area contributed by atoms with Crippen LogP contribution in [0.3, 0.4) is 0 Å². The van der Waals surface area contributed by atoms with Crippen molar-refractivity contribution in [3.8, 4) is 0 Å². The van der Waals surface area contributed by atoms with Crippen molar-refractivity contribution in [1.82, 2.24) is 9.80 Å². The molecule has 1 aromatic carbocycles. The molecule has 3 amide bonds. The minimum absolute atomic E-state index is 0.0292. The molecular weight excluding hydrogens is 346 g/mol. The molecule has 7 nitrogen and oxygen atoms in total. The fraction of sp³-hybridized carbons (Fsp3) is 0.550. The summed E-state index contributed by atoms with van der Waals surface area (Å²) in [5.74, 6) is 0.166. The third kappa shape index (κ3) is 3.69. The van der Waals surface area contributed by atoms with Crippen LogP contribution in [0.5, 0.6) is 0 Å². The maximum Gasteiger partial charge on any atom is 0.253 e. The summed E-state index contributed by atoms with van der Waals surface area (Å²) in [6.07, 6.45) is 2.91. The summed E-state index contributed by atoms with van der Waals surface area (Å²) < 4.78 is 5.47. The summed E-state index contributed by atoms with van der Waals surface area (Å²) in [7, 11) is 0. The molecule has 0 unspecified atom stereocenters. The molecule has 27 heavy (non-hydrogen) atoms. The number of hydrogen-bond acceptors (Lipinski definition) is 4. The topological polar surface area (TPSA) is 70.2 Å². The Kier molecular flexibility index (Phi) is 5.11. The summed E-state index contributed by atoms with van der Waals surface area (Å²) in [6.45, 7) is 3.56. The molecule has 1 aromatic rings. The molecular formula is C20H25N3O4. The second kappa shape index (κ2) is 7.68. The molecule has 3 aliphatic rings. The van der Waals surface area contributed by atoms with Gasteiger partial charge in [0.2, 0.25) is 5.91 Å². The molecule has 0 N–H and O–H groups in total. The predicted molar refractivity (Wildman–Crippen MR) is 99.5 cm³/mol. The highest BCUT2D eigenvalue weighted by Gasteiger charge is 2.31. The van der Waals surface area contributed by atoms with Gasteiger partial charge >= 0.3 is 0 Å². The number of carbonyl (C=O) groups excluding carboxylic acids is 3. The lowest BCUT2D eigenvalue weighted by Crippen LogP contribution is -2.52. The standard InChI is InChI=1S/C20H25N3O4/c24-18-4-1-9-23(18)16-7-5-15(6-8-16)19(25)21-10-12-22(13-11-21)20(26)17-3-2-14-27-17/h5-8,17H,1-4,9-14H2/t17-/m0/s1. The van der Waals surface area contributed by atoms with E-state index >= 15 is 0 Å². The van der Waals surface area contributed by atoms with E-state index in [2.05, 4.69) is 0 Å². The van der Waals surface area contributed by atoms with E-state index in [0.717, 1.165) is 31.5 Å². The van der Waals surface area contributed by atoms with Crippen molar-refractivity contribution in [2.24, 2.45) is 0 Å². The molecule has 3 heterocycles. The zero-order valence-corrected chi connectivity index (χ0v) is 15.4. The Labute approximate surface area is 158 Å². The Balaban J connectivity index is 1.33. The van der Waals surface area contributed by atoms with Crippen LogP contribution in [0.15, 0.2) is 24.3 Å². The zero-order valence-electron chi connectivity index (χ0n) is 15.4. The van der Waals surface area contributed by atoms with Gasteiger partial charge in [0.05, 0.1) is 0 Å². The van der Waals surface area contributed by atoms with Gasteiger partial charge in [0.1, 0.15) is 6.10 Å². The molecule has 3 saturated heterocycles. The summed E-state index contributed by atoms with van der Waals surface area (Å²) in [4.78, 5) is 42.3. The molecule has 0 bridgehead atoms. The second-order valence-electron chi connectivity index (χ2n) is 7.31. The van der Waals surface area contributed by atoms with E-state index in [1.807, 2.05) is 17.0 Å². The van der Waals surface area contributed by atoms with E-state index in [0.29, 0.717) is 44.8 Å². The molecule has 0 aliphatic carbocycles. The lowest BCUT2D eigenvalue weighted by atomic mass is 10.1. The highest BCUT2D eigenvalue weighted by Crippen LogP contribution is 2.22. The summed E-state index contributed by atoms with van der Waals surface area (Å²) >= 11 is 0. The predicted octanol–water partition coefficient (Wildman–Crippen LogP) is 1.28. The Morgan fingerprint density at radius 1 is 0.926 bits per heavy atom. The third-order valence-corrected chi connectivity index (χ3v) is 5.58. The molecule has 0 radical (unpaired) electrons. The number of carbonyl (C=O) groups is 3. The first kappa shape index (κ1) is 18.0. The quantitative estimate of drug-likeness (QED) is 0.803. The largest absolute Gasteiger partial charge is 0.368 e. The maximum absolute atomic E-state index is 12.7. The molecule has 1 atom stereocenters. The van der Waals surface area contributed by atoms with E-state index in [-0.39, 0.29) is 23.8 Å². The van der Waals surface area contributed by atoms with Gasteiger partial charge in [-0.3, -0.25) is 14.4 Å². The average molecular weight is 371 g/mol. The lowest BCUT2D eigenvalue weighted by molar-refractivity contribution is -0.142. The van der Waals surface area contributed by atoms with Crippen molar-refractivity contribution in [3.05, 3.63) is 29.8 Å². The van der Waals surface area contributed by atoms with E-state index in [1.54, 1.807) is 21.9 Å². The van der Waals surface area contributed by atoms with Crippen molar-refractivity contribution in [3.63, 3.8) is 0 Å². The molecule has 0 saturated carbocycles. The van der Waals surface area contributed by atoms with Gasteiger partial charge in [-0.05, 0) is 43.5 Å². The van der Waals surface area contributed by atoms with E-state index < -0.39 is 0 Å². The van der Waals surface area contributed by atoms with Crippen LogP contribution in [0, 0.1) is 0 Å². The van der Waals surface area contributed by atoms with Crippen LogP contribution in [0.2, 0.25) is 0 Å². The minimum atomic E-state index is -0.298. The maximum atomic E-state index is 12.7. The number of amides is 3. The number of ether oxygens (including phenoxy) is 1. The first-order valence-corrected chi connectivity index (χ1v) is 9.73. The molecule has 144 valence electrons. The summed E-state index contributed by atoms with van der Waals surface area (Å²) in [6, 6.07) is 7.25. The SMILES string of the molecule is O=C(c1ccc(N2CCCC2=O)cc1)N1CCN(C(=O)[C@@H]2CCCO2)CC1. The minimum Gasteiger partial charge on any atom is -0.368 e. The van der Waals surface area contributed by atoms with Gasteiger partial charge in [0.15, 0.2) is 0 Å². The van der Waals surface area contributed by atoms with Crippen LogP contribution >= 0.6 is 0 Å². The average Bonchev–Trinajstić information content (AvgIpc) is 3.39. The Morgan fingerprint density at radius 2 is 1.63 bits per heavy atom. The monoisotopic (exact) mass is 371 g/mol.